The minimum absolute atomic E-state index is 1.06. The van der Waals surface area contributed by atoms with Crippen LogP contribution in [0.4, 0.5) is 0 Å². The maximum Gasteiger partial charge on any atom is 0.335 e. The van der Waals surface area contributed by atoms with Crippen molar-refractivity contribution in [2.75, 3.05) is 0 Å². The highest BCUT2D eigenvalue weighted by atomic mass is 16.8. The number of hydrogen-bond donors (Lipinski definition) is 27. The molecule has 51 nitrogen and oxygen atoms in total. The lowest BCUT2D eigenvalue weighted by molar-refractivity contribution is -0.402. The van der Waals surface area contributed by atoms with E-state index < -0.39 is 318 Å². The lowest BCUT2D eigenvalue weighted by Crippen LogP contribution is -2.69. The van der Waals surface area contributed by atoms with E-state index in [9.17, 15) is 171 Å². The minimum atomic E-state index is -2.72. The molecule has 0 aromatic carbocycles. The fourth-order valence-electron chi connectivity index (χ4n) is 12.6. The zero-order valence-corrected chi connectivity index (χ0v) is 53.4. The van der Waals surface area contributed by atoms with E-state index in [-0.39, 0.29) is 0 Å². The van der Waals surface area contributed by atoms with E-state index in [4.69, 9.17) is 80.5 Å². The van der Waals surface area contributed by atoms with Crippen molar-refractivity contribution in [3.8, 4) is 0 Å². The van der Waals surface area contributed by atoms with Gasteiger partial charge in [-0.25, -0.2) is 33.6 Å². The average Bonchev–Trinajstić information content (AvgIpc) is 0.760. The fourth-order valence-corrected chi connectivity index (χ4v) is 12.6. The number of rotatable bonds is 23. The van der Waals surface area contributed by atoms with Gasteiger partial charge in [0.25, 0.3) is 0 Å². The molecule has 0 spiro atoms. The van der Waals surface area contributed by atoms with Gasteiger partial charge in [0.05, 0.1) is 12.2 Å². The normalized spacial score (nSPS) is 51.4. The molecule has 45 atom stereocenters. The number of aliphatic hydroxyl groups is 20. The van der Waals surface area contributed by atoms with Crippen LogP contribution < -0.4 is 0 Å². The number of carboxylic acid groups (broad SMARTS) is 7. The van der Waals surface area contributed by atoms with Crippen LogP contribution in [0.5, 0.6) is 0 Å². The predicted octanol–water partition coefficient (Wildman–Crippen LogP) is -17.9. The van der Waals surface area contributed by atoms with Gasteiger partial charge < -0.3 is 218 Å². The molecule has 9 saturated heterocycles. The molecular formula is C54H78O51. The molecule has 0 unspecified atom stereocenters. The third-order valence-electron chi connectivity index (χ3n) is 18.5. The van der Waals surface area contributed by atoms with Crippen LogP contribution in [-0.2, 0) is 114 Å². The van der Waals surface area contributed by atoms with Gasteiger partial charge in [0.1, 0.15) is 165 Å². The molecule has 105 heavy (non-hydrogen) atoms. The molecule has 51 heteroatoms. The summed E-state index contributed by atoms with van der Waals surface area (Å²) in [6.07, 6.45) is -109. The van der Waals surface area contributed by atoms with Gasteiger partial charge in [-0.15, -0.1) is 0 Å². The second-order valence-electron chi connectivity index (χ2n) is 25.4. The first-order valence-corrected chi connectivity index (χ1v) is 31.3. The van der Waals surface area contributed by atoms with Gasteiger partial charge in [-0.3, -0.25) is 0 Å². The predicted molar refractivity (Wildman–Crippen MR) is 298 cm³/mol. The van der Waals surface area contributed by atoms with Crippen molar-refractivity contribution >= 4 is 41.8 Å². The number of carbonyl (C=O) groups is 7. The first-order valence-electron chi connectivity index (χ1n) is 31.3. The van der Waals surface area contributed by atoms with E-state index in [2.05, 4.69) is 0 Å². The molecule has 9 fully saturated rings. The van der Waals surface area contributed by atoms with E-state index in [0.29, 0.717) is 0 Å². The average molecular weight is 1540 g/mol. The Hall–Kier alpha value is -5.19. The van der Waals surface area contributed by atoms with E-state index in [0.717, 1.165) is 13.8 Å². The Morgan fingerprint density at radius 1 is 0.190 bits per heavy atom. The molecule has 9 heterocycles. The Kier molecular flexibility index (Phi) is 26.8. The Bertz CT molecular complexity index is 3030. The second kappa shape index (κ2) is 33.6. The maximum absolute atomic E-state index is 13.0. The molecule has 9 rings (SSSR count). The summed E-state index contributed by atoms with van der Waals surface area (Å²) in [6, 6.07) is 0. The van der Waals surface area contributed by atoms with Crippen molar-refractivity contribution in [1.29, 1.82) is 0 Å². The maximum atomic E-state index is 13.0. The zero-order chi connectivity index (χ0) is 78.0. The first-order chi connectivity index (χ1) is 49.0. The first kappa shape index (κ1) is 83.8. The molecule has 0 radical (unpaired) electrons. The second-order valence-corrected chi connectivity index (χ2v) is 25.4. The molecule has 27 N–H and O–H groups in total. The summed E-state index contributed by atoms with van der Waals surface area (Å²) in [5.41, 5.74) is 0. The van der Waals surface area contributed by atoms with Gasteiger partial charge in [-0.05, 0) is 13.8 Å². The molecule has 0 bridgehead atoms. The van der Waals surface area contributed by atoms with Crippen molar-refractivity contribution in [2.24, 2.45) is 0 Å². The van der Waals surface area contributed by atoms with Crippen LogP contribution >= 0.6 is 0 Å². The van der Waals surface area contributed by atoms with Crippen molar-refractivity contribution < 1.29 is 252 Å². The lowest BCUT2D eigenvalue weighted by atomic mass is 9.95. The molecule has 9 aliphatic heterocycles. The van der Waals surface area contributed by atoms with Crippen LogP contribution in [0.3, 0.4) is 0 Å². The van der Waals surface area contributed by atoms with Gasteiger partial charge in [0, 0.05) is 0 Å². The highest BCUT2D eigenvalue weighted by Crippen LogP contribution is 2.40. The summed E-state index contributed by atoms with van der Waals surface area (Å²) >= 11 is 0. The Balaban J connectivity index is 0.863. The summed E-state index contributed by atoms with van der Waals surface area (Å²) in [4.78, 5) is 86.8. The largest absolute Gasteiger partial charge is 0.479 e. The molecule has 0 saturated carbocycles. The quantitative estimate of drug-likeness (QED) is 0.0452. The smallest absolute Gasteiger partial charge is 0.335 e. The zero-order valence-electron chi connectivity index (χ0n) is 53.4. The Morgan fingerprint density at radius 2 is 0.371 bits per heavy atom. The van der Waals surface area contributed by atoms with Crippen molar-refractivity contribution in [3.63, 3.8) is 0 Å². The third kappa shape index (κ3) is 16.8. The van der Waals surface area contributed by atoms with Crippen LogP contribution in [0.2, 0.25) is 0 Å². The van der Waals surface area contributed by atoms with E-state index >= 15 is 0 Å². The summed E-state index contributed by atoms with van der Waals surface area (Å²) in [6.45, 7) is 2.16. The summed E-state index contributed by atoms with van der Waals surface area (Å²) < 4.78 is 91.4. The van der Waals surface area contributed by atoms with Crippen LogP contribution in [0.15, 0.2) is 0 Å². The highest BCUT2D eigenvalue weighted by molar-refractivity contribution is 5.76. The molecule has 0 amide bonds. The SMILES string of the molecule is C[C@@H]1O[C@@H](O[C@@H]2[C@H](O)[C@@H](O)[C@@H](O[C@@H]3[C@@H](O)[C@@H](O)[C@@H](C(=O)O)O[C@@H]3O)O[C@@H]2C(=O)O)[C@H](O[C@H]2O[C@H](C(=O)O)[C@H](O[C@@H]3O[C@@H](C)[C@H](O)[C@@H](O)[C@H]3O[C@H]3O[C@H](C(=O)O)[C@H](O[C@H]4O[C@H](C(=O)O)[C@H](O[C@H]5O[C@H](C(=O)O)[C@H](O[C@H]6O[C@H](C(=O)O)[C@H](O)[C@H](O)[C@H]6O)[C@H](O)[C@H]5O)[C@H](O)[C@H]4O)[C@H](O)[C@H]3O)[C@H](O)[C@H]2O)[C@H](O)[C@H]1O. The molecule has 0 aromatic heterocycles. The van der Waals surface area contributed by atoms with Crippen molar-refractivity contribution in [1.82, 2.24) is 0 Å². The summed E-state index contributed by atoms with van der Waals surface area (Å²) in [5.74, 6) is -14.4. The van der Waals surface area contributed by atoms with Gasteiger partial charge >= 0.3 is 41.8 Å². The molecule has 0 aliphatic carbocycles. The lowest BCUT2D eigenvalue weighted by Gasteiger charge is -2.49. The van der Waals surface area contributed by atoms with Crippen molar-refractivity contribution in [2.45, 2.75) is 290 Å². The Morgan fingerprint density at radius 3 is 0.629 bits per heavy atom. The molecule has 9 aliphatic rings. The van der Waals surface area contributed by atoms with Crippen LogP contribution in [0, 0.1) is 0 Å². The summed E-state index contributed by atoms with van der Waals surface area (Å²) in [5, 5.41) is 290. The molecule has 600 valence electrons. The topological polar surface area (TPSA) is 823 Å². The van der Waals surface area contributed by atoms with Gasteiger partial charge in [0.2, 0.25) is 0 Å². The molecule has 0 aromatic rings. The summed E-state index contributed by atoms with van der Waals surface area (Å²) in [7, 11) is 0. The minimum Gasteiger partial charge on any atom is -0.479 e. The van der Waals surface area contributed by atoms with E-state index in [1.807, 2.05) is 0 Å². The van der Waals surface area contributed by atoms with E-state index in [1.165, 1.54) is 0 Å². The van der Waals surface area contributed by atoms with Gasteiger partial charge in [-0.2, -0.15) is 0 Å². The number of aliphatic hydroxyl groups excluding tert-OH is 20. The monoisotopic (exact) mass is 1540 g/mol. The van der Waals surface area contributed by atoms with Gasteiger partial charge in [0.15, 0.2) is 99.3 Å². The van der Waals surface area contributed by atoms with E-state index in [1.54, 1.807) is 0 Å². The fraction of sp³-hybridized carbons (Fsp3) is 0.870. The van der Waals surface area contributed by atoms with Crippen molar-refractivity contribution in [3.05, 3.63) is 0 Å². The van der Waals surface area contributed by atoms with Crippen LogP contribution in [0.25, 0.3) is 0 Å². The Labute approximate surface area is 583 Å². The van der Waals surface area contributed by atoms with Crippen LogP contribution in [0.1, 0.15) is 13.8 Å². The highest BCUT2D eigenvalue weighted by Gasteiger charge is 2.63. The number of aliphatic carboxylic acids is 7. The molecular weight excluding hydrogens is 1460 g/mol. The number of hydrogen-bond acceptors (Lipinski definition) is 44. The number of carboxylic acids is 7. The number of ether oxygens (including phenoxy) is 17. The third-order valence-corrected chi connectivity index (χ3v) is 18.5. The van der Waals surface area contributed by atoms with Crippen LogP contribution in [-0.4, -0.2) is 456 Å². The standard InChI is InChI=1S/C54H78O51/c1-3-6(56)9(59)33(53(89-3)95-27-16(66)21(71)50(103-37(27)44(84)85)98-31-12(62)11(61)29(39(74)75)91-46(31)88)100-52-23(73)17(67)28(38(105-52)45(86)87)96-54-32(8(58)5(55)4(2)90-54)99-51-22(72)15(65)26(36(104-51)43(82)83)94-49-20(70)14(64)25(35(102-49)42(80)81)93-48-19(69)13(63)24(34(101-48)41(78)79)92-47-18(68)7(57)10(60)30(97-47)40(76)77/h3-38,46-73,88H,1-2H3,(H,74,75)(H,76,77)(H,78,79)(H,80,81)(H,82,83)(H,84,85)(H,86,87)/t3-,4-,5-,6-,7-,8+,9+,10+,11+,12-,13+,14+,15+,16+,17+,18+,19+,20+,21+,22+,23+,24+,25+,26+,27+,28+,29-,30-,31+,32+,33+,34-,35-,36-,37-,38-,46-,47-,48-,49-,50-,51-,52-,53-,54-/m0/s1. The van der Waals surface area contributed by atoms with Gasteiger partial charge in [-0.1, -0.05) is 0 Å².